The molecule has 19 heavy (non-hydrogen) atoms. The van der Waals surface area contributed by atoms with Crippen LogP contribution in [0.1, 0.15) is 38.7 Å². The fourth-order valence-electron chi connectivity index (χ4n) is 2.33. The van der Waals surface area contributed by atoms with Crippen LogP contribution in [0.4, 0.5) is 11.6 Å². The van der Waals surface area contributed by atoms with Crippen molar-refractivity contribution in [3.63, 3.8) is 0 Å². The summed E-state index contributed by atoms with van der Waals surface area (Å²) >= 11 is 0. The molecule has 0 aliphatic carbocycles. The number of hydrogen-bond donors (Lipinski definition) is 1. The average Bonchev–Trinajstić information content (AvgIpc) is 2.45. The summed E-state index contributed by atoms with van der Waals surface area (Å²) < 4.78 is 5.42. The van der Waals surface area contributed by atoms with Crippen LogP contribution in [-0.4, -0.2) is 42.8 Å². The standard InChI is InChI=1S/C14H24N4O/c1-4-5-15-13-12(11(2)3)14(17-10-16-13)18-6-8-19-9-7-18/h10-11H,4-9H2,1-3H3,(H,15,16,17). The highest BCUT2D eigenvalue weighted by atomic mass is 16.5. The van der Waals surface area contributed by atoms with Crippen molar-refractivity contribution in [2.75, 3.05) is 43.1 Å². The molecule has 0 atom stereocenters. The van der Waals surface area contributed by atoms with E-state index in [1.54, 1.807) is 6.33 Å². The number of rotatable bonds is 5. The molecule has 1 aromatic rings. The van der Waals surface area contributed by atoms with Crippen molar-refractivity contribution < 1.29 is 4.74 Å². The predicted octanol–water partition coefficient (Wildman–Crippen LogP) is 2.26. The van der Waals surface area contributed by atoms with Crippen LogP contribution < -0.4 is 10.2 Å². The lowest BCUT2D eigenvalue weighted by Gasteiger charge is -2.30. The Labute approximate surface area is 115 Å². The number of nitrogens with one attached hydrogen (secondary N) is 1. The number of anilines is 2. The van der Waals surface area contributed by atoms with Gasteiger partial charge in [0.05, 0.1) is 13.2 Å². The maximum atomic E-state index is 5.42. The molecule has 0 spiro atoms. The van der Waals surface area contributed by atoms with Crippen molar-refractivity contribution in [1.29, 1.82) is 0 Å². The summed E-state index contributed by atoms with van der Waals surface area (Å²) in [4.78, 5) is 11.2. The summed E-state index contributed by atoms with van der Waals surface area (Å²) in [5.74, 6) is 2.44. The fourth-order valence-corrected chi connectivity index (χ4v) is 2.33. The third-order valence-electron chi connectivity index (χ3n) is 3.29. The molecule has 5 heteroatoms. The minimum atomic E-state index is 0.401. The maximum Gasteiger partial charge on any atom is 0.137 e. The van der Waals surface area contributed by atoms with Crippen LogP contribution in [0.15, 0.2) is 6.33 Å². The first-order chi connectivity index (χ1) is 9.24. The molecular weight excluding hydrogens is 240 g/mol. The van der Waals surface area contributed by atoms with Gasteiger partial charge in [-0.3, -0.25) is 0 Å². The average molecular weight is 264 g/mol. The van der Waals surface area contributed by atoms with Crippen LogP contribution in [0.2, 0.25) is 0 Å². The Hall–Kier alpha value is -1.36. The Morgan fingerprint density at radius 3 is 2.68 bits per heavy atom. The van der Waals surface area contributed by atoms with Gasteiger partial charge in [0.2, 0.25) is 0 Å². The SMILES string of the molecule is CCCNc1ncnc(N2CCOCC2)c1C(C)C. The van der Waals surface area contributed by atoms with Gasteiger partial charge in [-0.05, 0) is 12.3 Å². The first-order valence-corrected chi connectivity index (χ1v) is 7.15. The van der Waals surface area contributed by atoms with Crippen molar-refractivity contribution in [3.05, 3.63) is 11.9 Å². The molecule has 1 aliphatic heterocycles. The Morgan fingerprint density at radius 1 is 1.32 bits per heavy atom. The van der Waals surface area contributed by atoms with Gasteiger partial charge in [-0.25, -0.2) is 9.97 Å². The number of hydrogen-bond acceptors (Lipinski definition) is 5. The van der Waals surface area contributed by atoms with Crippen molar-refractivity contribution in [3.8, 4) is 0 Å². The lowest BCUT2D eigenvalue weighted by atomic mass is 10.0. The highest BCUT2D eigenvalue weighted by molar-refractivity contribution is 5.60. The zero-order valence-electron chi connectivity index (χ0n) is 12.1. The topological polar surface area (TPSA) is 50.3 Å². The van der Waals surface area contributed by atoms with Gasteiger partial charge in [-0.2, -0.15) is 0 Å². The van der Waals surface area contributed by atoms with Gasteiger partial charge in [0.15, 0.2) is 0 Å². The summed E-state index contributed by atoms with van der Waals surface area (Å²) in [5.41, 5.74) is 1.22. The van der Waals surface area contributed by atoms with E-state index in [0.717, 1.165) is 50.9 Å². The van der Waals surface area contributed by atoms with Crippen LogP contribution in [0.3, 0.4) is 0 Å². The van der Waals surface area contributed by atoms with E-state index in [9.17, 15) is 0 Å². The molecule has 0 saturated carbocycles. The van der Waals surface area contributed by atoms with Crippen LogP contribution in [-0.2, 0) is 4.74 Å². The zero-order valence-corrected chi connectivity index (χ0v) is 12.1. The van der Waals surface area contributed by atoms with Gasteiger partial charge in [-0.15, -0.1) is 0 Å². The molecule has 2 heterocycles. The van der Waals surface area contributed by atoms with Gasteiger partial charge in [0.1, 0.15) is 18.0 Å². The second kappa shape index (κ2) is 6.70. The minimum absolute atomic E-state index is 0.401. The highest BCUT2D eigenvalue weighted by Gasteiger charge is 2.21. The van der Waals surface area contributed by atoms with Crippen LogP contribution in [0, 0.1) is 0 Å². The molecule has 1 N–H and O–H groups in total. The molecule has 0 aromatic carbocycles. The highest BCUT2D eigenvalue weighted by Crippen LogP contribution is 2.31. The molecule has 0 radical (unpaired) electrons. The fraction of sp³-hybridized carbons (Fsp3) is 0.714. The predicted molar refractivity (Wildman–Crippen MR) is 77.9 cm³/mol. The van der Waals surface area contributed by atoms with Gasteiger partial charge in [0, 0.05) is 25.2 Å². The minimum Gasteiger partial charge on any atom is -0.378 e. The first-order valence-electron chi connectivity index (χ1n) is 7.15. The van der Waals surface area contributed by atoms with Gasteiger partial charge in [0.25, 0.3) is 0 Å². The Bertz CT molecular complexity index is 402. The molecular formula is C14H24N4O. The summed E-state index contributed by atoms with van der Waals surface area (Å²) in [5, 5.41) is 3.41. The monoisotopic (exact) mass is 264 g/mol. The molecule has 1 fully saturated rings. The second-order valence-electron chi connectivity index (χ2n) is 5.14. The van der Waals surface area contributed by atoms with Gasteiger partial charge in [-0.1, -0.05) is 20.8 Å². The Morgan fingerprint density at radius 2 is 2.05 bits per heavy atom. The van der Waals surface area contributed by atoms with Gasteiger partial charge >= 0.3 is 0 Å². The molecule has 2 rings (SSSR count). The van der Waals surface area contributed by atoms with Crippen LogP contribution in [0.5, 0.6) is 0 Å². The molecule has 106 valence electrons. The quantitative estimate of drug-likeness (QED) is 0.884. The van der Waals surface area contributed by atoms with E-state index in [-0.39, 0.29) is 0 Å². The number of aromatic nitrogens is 2. The molecule has 1 saturated heterocycles. The molecule has 0 unspecified atom stereocenters. The van der Waals surface area contributed by atoms with Crippen molar-refractivity contribution >= 4 is 11.6 Å². The molecule has 0 amide bonds. The van der Waals surface area contributed by atoms with E-state index >= 15 is 0 Å². The van der Waals surface area contributed by atoms with E-state index in [1.807, 2.05) is 0 Å². The lowest BCUT2D eigenvalue weighted by molar-refractivity contribution is 0.122. The summed E-state index contributed by atoms with van der Waals surface area (Å²) in [6.07, 6.45) is 2.75. The normalized spacial score (nSPS) is 15.9. The number of ether oxygens (including phenoxy) is 1. The Kier molecular flexibility index (Phi) is 4.96. The smallest absolute Gasteiger partial charge is 0.137 e. The number of morpholine rings is 1. The van der Waals surface area contributed by atoms with Crippen molar-refractivity contribution in [2.24, 2.45) is 0 Å². The van der Waals surface area contributed by atoms with Crippen molar-refractivity contribution in [2.45, 2.75) is 33.1 Å². The van der Waals surface area contributed by atoms with E-state index in [1.165, 1.54) is 5.56 Å². The summed E-state index contributed by atoms with van der Waals surface area (Å²) in [7, 11) is 0. The first kappa shape index (κ1) is 14.1. The summed E-state index contributed by atoms with van der Waals surface area (Å²) in [6, 6.07) is 0. The largest absolute Gasteiger partial charge is 0.378 e. The van der Waals surface area contributed by atoms with E-state index in [4.69, 9.17) is 4.74 Å². The third kappa shape index (κ3) is 3.35. The molecule has 5 nitrogen and oxygen atoms in total. The van der Waals surface area contributed by atoms with E-state index in [2.05, 4.69) is 41.0 Å². The zero-order chi connectivity index (χ0) is 13.7. The van der Waals surface area contributed by atoms with Crippen molar-refractivity contribution in [1.82, 2.24) is 9.97 Å². The third-order valence-corrected chi connectivity index (χ3v) is 3.29. The Balaban J connectivity index is 2.30. The van der Waals surface area contributed by atoms with Gasteiger partial charge < -0.3 is 15.0 Å². The number of nitrogens with zero attached hydrogens (tertiary/aromatic N) is 3. The van der Waals surface area contributed by atoms with E-state index in [0.29, 0.717) is 5.92 Å². The molecule has 0 bridgehead atoms. The second-order valence-corrected chi connectivity index (χ2v) is 5.14. The van der Waals surface area contributed by atoms with Crippen LogP contribution in [0.25, 0.3) is 0 Å². The molecule has 1 aromatic heterocycles. The molecule has 1 aliphatic rings. The van der Waals surface area contributed by atoms with Crippen LogP contribution >= 0.6 is 0 Å². The summed E-state index contributed by atoms with van der Waals surface area (Å²) in [6.45, 7) is 10.9. The lowest BCUT2D eigenvalue weighted by Crippen LogP contribution is -2.37. The van der Waals surface area contributed by atoms with E-state index < -0.39 is 0 Å². The maximum absolute atomic E-state index is 5.42.